The van der Waals surface area contributed by atoms with E-state index in [9.17, 15) is 5.26 Å². The molecule has 2 rings (SSSR count). The summed E-state index contributed by atoms with van der Waals surface area (Å²) in [5, 5.41) is 9.39. The van der Waals surface area contributed by atoms with Gasteiger partial charge in [0.1, 0.15) is 0 Å². The first-order chi connectivity index (χ1) is 7.08. The van der Waals surface area contributed by atoms with Gasteiger partial charge in [-0.2, -0.15) is 5.26 Å². The first-order valence-electron chi connectivity index (χ1n) is 5.58. The molecular weight excluding hydrogens is 182 g/mol. The Morgan fingerprint density at radius 2 is 1.87 bits per heavy atom. The molecule has 1 saturated carbocycles. The van der Waals surface area contributed by atoms with E-state index in [1.54, 1.807) is 0 Å². The smallest absolute Gasteiger partial charge is 0.0848 e. The van der Waals surface area contributed by atoms with Crippen LogP contribution in [-0.2, 0) is 5.41 Å². The van der Waals surface area contributed by atoms with Gasteiger partial charge in [-0.05, 0) is 38.2 Å². The maximum absolute atomic E-state index is 9.39. The molecule has 78 valence electrons. The monoisotopic (exact) mass is 199 g/mol. The molecular formula is C14H17N. The van der Waals surface area contributed by atoms with E-state index < -0.39 is 0 Å². The van der Waals surface area contributed by atoms with Crippen LogP contribution in [0.3, 0.4) is 0 Å². The highest BCUT2D eigenvalue weighted by Gasteiger charge is 2.45. The van der Waals surface area contributed by atoms with Crippen molar-refractivity contribution >= 4 is 0 Å². The van der Waals surface area contributed by atoms with Gasteiger partial charge < -0.3 is 0 Å². The van der Waals surface area contributed by atoms with Crippen LogP contribution >= 0.6 is 0 Å². The Kier molecular flexibility index (Phi) is 2.31. The second kappa shape index (κ2) is 3.38. The Labute approximate surface area is 91.7 Å². The number of nitrogens with zero attached hydrogens (tertiary/aromatic N) is 1. The van der Waals surface area contributed by atoms with E-state index in [4.69, 9.17) is 0 Å². The van der Waals surface area contributed by atoms with E-state index in [-0.39, 0.29) is 5.41 Å². The summed E-state index contributed by atoms with van der Waals surface area (Å²) in [6.45, 7) is 6.39. The molecule has 1 nitrogen and oxygen atoms in total. The fourth-order valence-corrected chi connectivity index (χ4v) is 2.61. The van der Waals surface area contributed by atoms with Crippen molar-refractivity contribution in [1.29, 1.82) is 5.26 Å². The molecule has 0 amide bonds. The Hall–Kier alpha value is -1.29. The number of rotatable bonds is 1. The Balaban J connectivity index is 2.49. The molecule has 1 aliphatic rings. The lowest BCUT2D eigenvalue weighted by Gasteiger charge is -2.43. The largest absolute Gasteiger partial charge is 0.197 e. The number of aryl methyl sites for hydroxylation is 2. The highest BCUT2D eigenvalue weighted by atomic mass is 14.5. The maximum Gasteiger partial charge on any atom is 0.0848 e. The van der Waals surface area contributed by atoms with Gasteiger partial charge in [0.2, 0.25) is 0 Å². The summed E-state index contributed by atoms with van der Waals surface area (Å²) in [6.07, 6.45) is 2.20. The molecule has 0 radical (unpaired) electrons. The molecule has 0 N–H and O–H groups in total. The summed E-state index contributed by atoms with van der Waals surface area (Å²) in [4.78, 5) is 0. The third-order valence-electron chi connectivity index (χ3n) is 3.75. The summed E-state index contributed by atoms with van der Waals surface area (Å²) in [5.41, 5.74) is 3.55. The zero-order valence-electron chi connectivity index (χ0n) is 9.67. The first kappa shape index (κ1) is 10.2. The zero-order chi connectivity index (χ0) is 11.1. The summed E-state index contributed by atoms with van der Waals surface area (Å²) < 4.78 is 0. The average molecular weight is 199 g/mol. The van der Waals surface area contributed by atoms with E-state index in [2.05, 4.69) is 45.0 Å². The topological polar surface area (TPSA) is 23.8 Å². The van der Waals surface area contributed by atoms with Gasteiger partial charge in [0, 0.05) is 0 Å². The van der Waals surface area contributed by atoms with Crippen LogP contribution in [0, 0.1) is 31.1 Å². The highest BCUT2D eigenvalue weighted by molar-refractivity contribution is 5.41. The molecule has 0 bridgehead atoms. The second-order valence-corrected chi connectivity index (χ2v) is 4.90. The number of benzene rings is 1. The van der Waals surface area contributed by atoms with Crippen molar-refractivity contribution in [3.8, 4) is 6.07 Å². The Bertz CT molecular complexity index is 407. The highest BCUT2D eigenvalue weighted by Crippen LogP contribution is 2.48. The van der Waals surface area contributed by atoms with Gasteiger partial charge in [-0.25, -0.2) is 0 Å². The molecule has 1 aliphatic carbocycles. The van der Waals surface area contributed by atoms with E-state index in [0.29, 0.717) is 5.92 Å². The Morgan fingerprint density at radius 3 is 2.20 bits per heavy atom. The molecule has 15 heavy (non-hydrogen) atoms. The van der Waals surface area contributed by atoms with Crippen LogP contribution in [0.25, 0.3) is 0 Å². The Morgan fingerprint density at radius 1 is 1.27 bits per heavy atom. The van der Waals surface area contributed by atoms with Crippen LogP contribution < -0.4 is 0 Å². The molecule has 2 unspecified atom stereocenters. The normalized spacial score (nSPS) is 29.3. The van der Waals surface area contributed by atoms with Crippen molar-refractivity contribution in [2.45, 2.75) is 39.0 Å². The van der Waals surface area contributed by atoms with Crippen LogP contribution in [0.2, 0.25) is 0 Å². The molecule has 0 saturated heterocycles. The molecule has 1 fully saturated rings. The van der Waals surface area contributed by atoms with Crippen molar-refractivity contribution < 1.29 is 0 Å². The van der Waals surface area contributed by atoms with Crippen LogP contribution in [0.5, 0.6) is 0 Å². The average Bonchev–Trinajstić information content (AvgIpc) is 2.16. The van der Waals surface area contributed by atoms with Crippen molar-refractivity contribution in [2.24, 2.45) is 5.92 Å². The fourth-order valence-electron chi connectivity index (χ4n) is 2.61. The van der Waals surface area contributed by atoms with E-state index in [0.717, 1.165) is 6.42 Å². The summed E-state index contributed by atoms with van der Waals surface area (Å²) in [7, 11) is 0. The van der Waals surface area contributed by atoms with Gasteiger partial charge in [0.05, 0.1) is 11.5 Å². The van der Waals surface area contributed by atoms with Crippen LogP contribution in [0.15, 0.2) is 18.2 Å². The van der Waals surface area contributed by atoms with E-state index >= 15 is 0 Å². The number of hydrogen-bond acceptors (Lipinski definition) is 1. The summed E-state index contributed by atoms with van der Waals surface area (Å²) >= 11 is 0. The maximum atomic E-state index is 9.39. The van der Waals surface area contributed by atoms with E-state index in [1.165, 1.54) is 23.1 Å². The summed E-state index contributed by atoms with van der Waals surface area (Å²) in [6, 6.07) is 9.05. The molecule has 0 spiro atoms. The van der Waals surface area contributed by atoms with Gasteiger partial charge in [-0.3, -0.25) is 0 Å². The van der Waals surface area contributed by atoms with E-state index in [1.807, 2.05) is 0 Å². The number of hydrogen-bond donors (Lipinski definition) is 0. The van der Waals surface area contributed by atoms with Crippen LogP contribution in [-0.4, -0.2) is 0 Å². The van der Waals surface area contributed by atoms with Gasteiger partial charge in [-0.15, -0.1) is 0 Å². The first-order valence-corrected chi connectivity index (χ1v) is 5.58. The summed E-state index contributed by atoms with van der Waals surface area (Å²) in [5.74, 6) is 0.503. The molecule has 1 aromatic rings. The van der Waals surface area contributed by atoms with Crippen molar-refractivity contribution in [1.82, 2.24) is 0 Å². The molecule has 0 heterocycles. The third-order valence-corrected chi connectivity index (χ3v) is 3.75. The lowest BCUT2D eigenvalue weighted by Crippen LogP contribution is -2.41. The van der Waals surface area contributed by atoms with Crippen molar-refractivity contribution in [2.75, 3.05) is 0 Å². The van der Waals surface area contributed by atoms with Gasteiger partial charge in [0.25, 0.3) is 0 Å². The third kappa shape index (κ3) is 1.45. The van der Waals surface area contributed by atoms with Gasteiger partial charge in [-0.1, -0.05) is 36.2 Å². The fraction of sp³-hybridized carbons (Fsp3) is 0.500. The van der Waals surface area contributed by atoms with Crippen molar-refractivity contribution in [3.05, 3.63) is 34.9 Å². The second-order valence-electron chi connectivity index (χ2n) is 4.90. The van der Waals surface area contributed by atoms with Gasteiger partial charge in [0.15, 0.2) is 0 Å². The minimum absolute atomic E-state index is 0.198. The van der Waals surface area contributed by atoms with Crippen molar-refractivity contribution in [3.63, 3.8) is 0 Å². The van der Waals surface area contributed by atoms with Gasteiger partial charge >= 0.3 is 0 Å². The predicted octanol–water partition coefficient (Wildman–Crippen LogP) is 3.49. The quantitative estimate of drug-likeness (QED) is 0.679. The molecule has 1 aromatic carbocycles. The SMILES string of the molecule is Cc1cc(C)cc(C2(C#N)CCC2C)c1. The number of nitriles is 1. The lowest BCUT2D eigenvalue weighted by molar-refractivity contribution is 0.201. The zero-order valence-corrected chi connectivity index (χ0v) is 9.67. The molecule has 2 atom stereocenters. The molecule has 0 aliphatic heterocycles. The lowest BCUT2D eigenvalue weighted by atomic mass is 9.58. The van der Waals surface area contributed by atoms with Crippen LogP contribution in [0.4, 0.5) is 0 Å². The molecule has 1 heteroatoms. The minimum Gasteiger partial charge on any atom is -0.197 e. The minimum atomic E-state index is -0.198. The molecule has 0 aromatic heterocycles. The van der Waals surface area contributed by atoms with Crippen LogP contribution in [0.1, 0.15) is 36.5 Å². The predicted molar refractivity (Wildman–Crippen MR) is 61.6 cm³/mol. The standard InChI is InChI=1S/C14H17N/c1-10-6-11(2)8-13(7-10)14(9-15)5-4-12(14)3/h6-8,12H,4-5H2,1-3H3.